The van der Waals surface area contributed by atoms with Crippen molar-refractivity contribution in [1.82, 2.24) is 4.98 Å². The van der Waals surface area contributed by atoms with Gasteiger partial charge in [0, 0.05) is 23.0 Å². The second-order valence-corrected chi connectivity index (χ2v) is 4.02. The van der Waals surface area contributed by atoms with Gasteiger partial charge in [-0.05, 0) is 23.8 Å². The molecule has 0 aliphatic rings. The van der Waals surface area contributed by atoms with Crippen molar-refractivity contribution in [3.05, 3.63) is 64.9 Å². The molecule has 88 valence electrons. The molecule has 0 spiro atoms. The molecule has 2 aromatic rings. The molecule has 0 amide bonds. The van der Waals surface area contributed by atoms with Crippen LogP contribution in [0.15, 0.2) is 48.8 Å². The molecule has 0 saturated carbocycles. The predicted molar refractivity (Wildman–Crippen MR) is 72.3 cm³/mol. The van der Waals surface area contributed by atoms with Gasteiger partial charge in [0.25, 0.3) is 0 Å². The van der Waals surface area contributed by atoms with E-state index in [2.05, 4.69) is 11.1 Å². The maximum atomic E-state index is 9.25. The first-order chi connectivity index (χ1) is 8.74. The van der Waals surface area contributed by atoms with Gasteiger partial charge in [-0.2, -0.15) is 5.26 Å². The number of halogens is 1. The van der Waals surface area contributed by atoms with Crippen molar-refractivity contribution in [3.8, 4) is 6.07 Å². The van der Waals surface area contributed by atoms with Crippen LogP contribution in [0.25, 0.3) is 11.3 Å². The molecule has 0 unspecified atom stereocenters. The van der Waals surface area contributed by atoms with E-state index in [9.17, 15) is 5.26 Å². The minimum atomic E-state index is 0.370. The molecule has 0 fully saturated rings. The summed E-state index contributed by atoms with van der Waals surface area (Å²) in [6, 6.07) is 12.8. The number of allylic oxidation sites excluding steroid dienone is 1. The van der Waals surface area contributed by atoms with Crippen LogP contribution >= 0.6 is 11.6 Å². The van der Waals surface area contributed by atoms with Crippen molar-refractivity contribution in [2.24, 2.45) is 5.73 Å². The van der Waals surface area contributed by atoms with E-state index in [1.807, 2.05) is 12.1 Å². The van der Waals surface area contributed by atoms with E-state index < -0.39 is 0 Å². The Morgan fingerprint density at radius 3 is 2.44 bits per heavy atom. The first kappa shape index (κ1) is 12.2. The smallest absolute Gasteiger partial charge is 0.102 e. The number of hydrogen-bond acceptors (Lipinski definition) is 3. The summed E-state index contributed by atoms with van der Waals surface area (Å²) in [7, 11) is 0. The number of nitrogens with zero attached hydrogens (tertiary/aromatic N) is 2. The van der Waals surface area contributed by atoms with Crippen LogP contribution in [0.5, 0.6) is 0 Å². The normalized spacial score (nSPS) is 11.6. The lowest BCUT2D eigenvalue weighted by Gasteiger charge is -2.07. The van der Waals surface area contributed by atoms with Crippen LogP contribution in [0.3, 0.4) is 0 Å². The van der Waals surface area contributed by atoms with E-state index in [1.165, 1.54) is 0 Å². The van der Waals surface area contributed by atoms with Crippen molar-refractivity contribution in [1.29, 1.82) is 5.26 Å². The molecule has 0 aliphatic heterocycles. The monoisotopic (exact) mass is 255 g/mol. The SMILES string of the molecule is N#C/C(=C(/N)c1ccccc1Cl)c1ccncc1. The second-order valence-electron chi connectivity index (χ2n) is 3.62. The molecule has 3 nitrogen and oxygen atoms in total. The number of benzene rings is 1. The van der Waals surface area contributed by atoms with Crippen LogP contribution in [0.1, 0.15) is 11.1 Å². The van der Waals surface area contributed by atoms with Crippen LogP contribution in [0.4, 0.5) is 0 Å². The minimum Gasteiger partial charge on any atom is -0.397 e. The number of hydrogen-bond donors (Lipinski definition) is 1. The number of pyridine rings is 1. The quantitative estimate of drug-likeness (QED) is 0.839. The lowest BCUT2D eigenvalue weighted by Crippen LogP contribution is -2.01. The van der Waals surface area contributed by atoms with E-state index in [4.69, 9.17) is 17.3 Å². The van der Waals surface area contributed by atoms with Crippen LogP contribution in [0.2, 0.25) is 5.02 Å². The second kappa shape index (κ2) is 5.35. The Morgan fingerprint density at radius 2 is 1.83 bits per heavy atom. The summed E-state index contributed by atoms with van der Waals surface area (Å²) in [6.07, 6.45) is 3.24. The summed E-state index contributed by atoms with van der Waals surface area (Å²) in [5.41, 5.74) is 8.19. The molecular weight excluding hydrogens is 246 g/mol. The molecule has 4 heteroatoms. The highest BCUT2D eigenvalue weighted by atomic mass is 35.5. The highest BCUT2D eigenvalue weighted by molar-refractivity contribution is 6.32. The number of rotatable bonds is 2. The van der Waals surface area contributed by atoms with Gasteiger partial charge in [0.05, 0.1) is 11.3 Å². The lowest BCUT2D eigenvalue weighted by molar-refractivity contribution is 1.32. The van der Waals surface area contributed by atoms with Crippen molar-refractivity contribution in [2.45, 2.75) is 0 Å². The third-order valence-corrected chi connectivity index (χ3v) is 2.84. The average Bonchev–Trinajstić information content (AvgIpc) is 2.41. The largest absolute Gasteiger partial charge is 0.397 e. The molecule has 2 N–H and O–H groups in total. The fraction of sp³-hybridized carbons (Fsp3) is 0. The summed E-state index contributed by atoms with van der Waals surface area (Å²) in [6.45, 7) is 0. The zero-order valence-electron chi connectivity index (χ0n) is 9.47. The molecule has 0 atom stereocenters. The fourth-order valence-electron chi connectivity index (χ4n) is 1.61. The van der Waals surface area contributed by atoms with Crippen molar-refractivity contribution < 1.29 is 0 Å². The molecule has 0 saturated heterocycles. The number of nitrogens with two attached hydrogens (primary N) is 1. The minimum absolute atomic E-state index is 0.370. The first-order valence-corrected chi connectivity index (χ1v) is 5.67. The first-order valence-electron chi connectivity index (χ1n) is 5.29. The Hall–Kier alpha value is -2.31. The fourth-order valence-corrected chi connectivity index (χ4v) is 1.85. The molecule has 0 bridgehead atoms. The Kier molecular flexibility index (Phi) is 3.61. The Morgan fingerprint density at radius 1 is 1.17 bits per heavy atom. The maximum Gasteiger partial charge on any atom is 0.102 e. The molecule has 0 aliphatic carbocycles. The van der Waals surface area contributed by atoms with Crippen LogP contribution < -0.4 is 5.73 Å². The molecular formula is C14H10ClN3. The molecule has 1 aromatic carbocycles. The average molecular weight is 256 g/mol. The van der Waals surface area contributed by atoms with Gasteiger partial charge in [-0.3, -0.25) is 4.98 Å². The zero-order valence-corrected chi connectivity index (χ0v) is 10.2. The van der Waals surface area contributed by atoms with Gasteiger partial charge in [0.2, 0.25) is 0 Å². The molecule has 2 rings (SSSR count). The van der Waals surface area contributed by atoms with Crippen molar-refractivity contribution in [3.63, 3.8) is 0 Å². The summed E-state index contributed by atoms with van der Waals surface area (Å²) < 4.78 is 0. The summed E-state index contributed by atoms with van der Waals surface area (Å²) in [5.74, 6) is 0. The van der Waals surface area contributed by atoms with Gasteiger partial charge in [-0.15, -0.1) is 0 Å². The van der Waals surface area contributed by atoms with E-state index >= 15 is 0 Å². The van der Waals surface area contributed by atoms with Crippen molar-refractivity contribution in [2.75, 3.05) is 0 Å². The van der Waals surface area contributed by atoms with Gasteiger partial charge >= 0.3 is 0 Å². The third-order valence-electron chi connectivity index (χ3n) is 2.51. The van der Waals surface area contributed by atoms with Crippen LogP contribution in [-0.4, -0.2) is 4.98 Å². The van der Waals surface area contributed by atoms with E-state index in [0.29, 0.717) is 21.9 Å². The van der Waals surface area contributed by atoms with Gasteiger partial charge in [-0.1, -0.05) is 29.8 Å². The number of nitriles is 1. The lowest BCUT2D eigenvalue weighted by atomic mass is 10.0. The predicted octanol–water partition coefficient (Wildman–Crippen LogP) is 3.09. The molecule has 0 radical (unpaired) electrons. The van der Waals surface area contributed by atoms with Crippen LogP contribution in [0, 0.1) is 11.3 Å². The summed E-state index contributed by atoms with van der Waals surface area (Å²) in [5, 5.41) is 9.78. The van der Waals surface area contributed by atoms with Gasteiger partial charge in [0.15, 0.2) is 0 Å². The Labute approximate surface area is 110 Å². The zero-order chi connectivity index (χ0) is 13.0. The Bertz CT molecular complexity index is 627. The topological polar surface area (TPSA) is 62.7 Å². The van der Waals surface area contributed by atoms with Crippen molar-refractivity contribution >= 4 is 22.9 Å². The molecule has 1 heterocycles. The van der Waals surface area contributed by atoms with E-state index in [-0.39, 0.29) is 0 Å². The van der Waals surface area contributed by atoms with E-state index in [1.54, 1.807) is 36.7 Å². The molecule has 18 heavy (non-hydrogen) atoms. The van der Waals surface area contributed by atoms with Gasteiger partial charge < -0.3 is 5.73 Å². The maximum absolute atomic E-state index is 9.25. The Balaban J connectivity index is 2.59. The highest BCUT2D eigenvalue weighted by Crippen LogP contribution is 2.26. The molecule has 1 aromatic heterocycles. The standard InChI is InChI=1S/C14H10ClN3/c15-13-4-2-1-3-11(13)14(17)12(9-16)10-5-7-18-8-6-10/h1-8H,17H2/b14-12-. The van der Waals surface area contributed by atoms with Crippen LogP contribution in [-0.2, 0) is 0 Å². The summed E-state index contributed by atoms with van der Waals surface area (Å²) in [4.78, 5) is 3.91. The number of aromatic nitrogens is 1. The third kappa shape index (κ3) is 2.34. The van der Waals surface area contributed by atoms with E-state index in [0.717, 1.165) is 5.56 Å². The van der Waals surface area contributed by atoms with Gasteiger partial charge in [0.1, 0.15) is 6.07 Å². The van der Waals surface area contributed by atoms with Gasteiger partial charge in [-0.25, -0.2) is 0 Å². The summed E-state index contributed by atoms with van der Waals surface area (Å²) >= 11 is 6.07. The highest BCUT2D eigenvalue weighted by Gasteiger charge is 2.10.